The van der Waals surface area contributed by atoms with E-state index in [9.17, 15) is 4.79 Å². The van der Waals surface area contributed by atoms with Crippen LogP contribution < -0.4 is 5.32 Å². The van der Waals surface area contributed by atoms with Gasteiger partial charge in [-0.3, -0.25) is 4.79 Å². The van der Waals surface area contributed by atoms with E-state index in [2.05, 4.69) is 10.3 Å². The van der Waals surface area contributed by atoms with Crippen LogP contribution in [0.4, 0.5) is 0 Å². The molecule has 1 aromatic carbocycles. The van der Waals surface area contributed by atoms with Crippen molar-refractivity contribution in [3.8, 4) is 0 Å². The van der Waals surface area contributed by atoms with Gasteiger partial charge in [-0.1, -0.05) is 23.7 Å². The van der Waals surface area contributed by atoms with E-state index in [1.54, 1.807) is 12.1 Å². The number of rotatable bonds is 3. The summed E-state index contributed by atoms with van der Waals surface area (Å²) in [5.41, 5.74) is 1.93. The molecule has 0 spiro atoms. The zero-order chi connectivity index (χ0) is 13.1. The van der Waals surface area contributed by atoms with E-state index >= 15 is 0 Å². The number of amides is 1. The summed E-state index contributed by atoms with van der Waals surface area (Å²) >= 11 is 7.21. The molecule has 0 bridgehead atoms. The predicted molar refractivity (Wildman–Crippen MR) is 74.2 cm³/mol. The topological polar surface area (TPSA) is 42.0 Å². The number of aromatic nitrogens is 1. The van der Waals surface area contributed by atoms with Crippen LogP contribution in [-0.2, 0) is 6.54 Å². The van der Waals surface area contributed by atoms with Gasteiger partial charge in [-0.05, 0) is 31.5 Å². The maximum atomic E-state index is 11.9. The van der Waals surface area contributed by atoms with Crippen molar-refractivity contribution in [2.75, 3.05) is 0 Å². The highest BCUT2D eigenvalue weighted by atomic mass is 35.5. The summed E-state index contributed by atoms with van der Waals surface area (Å²) in [6.45, 7) is 4.35. The van der Waals surface area contributed by atoms with Crippen molar-refractivity contribution in [3.05, 3.63) is 50.4 Å². The third-order valence-electron chi connectivity index (χ3n) is 2.59. The minimum Gasteiger partial charge on any atom is -0.346 e. The molecular formula is C13H13ClN2OS. The molecule has 0 aliphatic rings. The molecule has 1 heterocycles. The summed E-state index contributed by atoms with van der Waals surface area (Å²) in [5, 5.41) is 4.05. The molecule has 3 nitrogen and oxygen atoms in total. The van der Waals surface area contributed by atoms with E-state index in [0.29, 0.717) is 16.6 Å². The average molecular weight is 281 g/mol. The van der Waals surface area contributed by atoms with Crippen LogP contribution in [0.3, 0.4) is 0 Å². The predicted octanol–water partition coefficient (Wildman–Crippen LogP) is 3.34. The van der Waals surface area contributed by atoms with E-state index in [0.717, 1.165) is 16.1 Å². The number of nitrogens with one attached hydrogen (secondary N) is 1. The number of thiazole rings is 1. The second-order valence-electron chi connectivity index (χ2n) is 3.97. The summed E-state index contributed by atoms with van der Waals surface area (Å²) in [6.07, 6.45) is 0. The Kier molecular flexibility index (Phi) is 3.99. The lowest BCUT2D eigenvalue weighted by Crippen LogP contribution is -2.22. The van der Waals surface area contributed by atoms with Crippen LogP contribution >= 0.6 is 22.9 Å². The fraction of sp³-hybridized carbons (Fsp3) is 0.231. The molecule has 0 saturated carbocycles. The van der Waals surface area contributed by atoms with E-state index in [-0.39, 0.29) is 5.91 Å². The van der Waals surface area contributed by atoms with Gasteiger partial charge in [0.05, 0.1) is 5.69 Å². The van der Waals surface area contributed by atoms with Gasteiger partial charge in [0.2, 0.25) is 0 Å². The average Bonchev–Trinajstić information content (AvgIpc) is 2.69. The first kappa shape index (κ1) is 13.1. The van der Waals surface area contributed by atoms with Gasteiger partial charge in [-0.15, -0.1) is 11.3 Å². The molecule has 0 radical (unpaired) electrons. The second-order valence-corrected chi connectivity index (χ2v) is 5.61. The molecule has 0 saturated heterocycles. The van der Waals surface area contributed by atoms with Gasteiger partial charge < -0.3 is 5.32 Å². The number of halogens is 1. The number of nitrogens with zero attached hydrogens (tertiary/aromatic N) is 1. The molecule has 2 aromatic rings. The van der Waals surface area contributed by atoms with Crippen LogP contribution in [0.1, 0.15) is 25.9 Å². The summed E-state index contributed by atoms with van der Waals surface area (Å²) in [4.78, 5) is 17.2. The molecule has 0 atom stereocenters. The normalized spacial score (nSPS) is 10.4. The lowest BCUT2D eigenvalue weighted by Gasteiger charge is -2.03. The summed E-state index contributed by atoms with van der Waals surface area (Å²) < 4.78 is 0. The van der Waals surface area contributed by atoms with Gasteiger partial charge in [-0.25, -0.2) is 4.98 Å². The van der Waals surface area contributed by atoms with Crippen molar-refractivity contribution in [1.82, 2.24) is 10.3 Å². The van der Waals surface area contributed by atoms with Gasteiger partial charge in [0.1, 0.15) is 0 Å². The van der Waals surface area contributed by atoms with E-state index < -0.39 is 0 Å². The minimum atomic E-state index is -0.133. The minimum absolute atomic E-state index is 0.133. The molecule has 1 amide bonds. The Morgan fingerprint density at radius 1 is 1.33 bits per heavy atom. The van der Waals surface area contributed by atoms with Crippen molar-refractivity contribution in [1.29, 1.82) is 0 Å². The molecule has 0 aliphatic carbocycles. The fourth-order valence-electron chi connectivity index (χ4n) is 1.43. The Bertz CT molecular complexity index is 543. The van der Waals surface area contributed by atoms with Crippen LogP contribution in [0.25, 0.3) is 0 Å². The number of carbonyl (C=O) groups excluding carboxylic acids is 1. The molecule has 1 aromatic heterocycles. The Hall–Kier alpha value is -1.39. The van der Waals surface area contributed by atoms with Crippen LogP contribution in [0.15, 0.2) is 24.3 Å². The molecule has 0 unspecified atom stereocenters. The molecule has 94 valence electrons. The van der Waals surface area contributed by atoms with Gasteiger partial charge in [-0.2, -0.15) is 0 Å². The first-order valence-electron chi connectivity index (χ1n) is 5.53. The van der Waals surface area contributed by atoms with Gasteiger partial charge >= 0.3 is 0 Å². The highest BCUT2D eigenvalue weighted by Crippen LogP contribution is 2.16. The van der Waals surface area contributed by atoms with Crippen molar-refractivity contribution >= 4 is 28.8 Å². The Balaban J connectivity index is 1.98. The van der Waals surface area contributed by atoms with E-state index in [1.807, 2.05) is 26.0 Å². The van der Waals surface area contributed by atoms with Crippen molar-refractivity contribution in [2.45, 2.75) is 20.4 Å². The van der Waals surface area contributed by atoms with E-state index in [1.165, 1.54) is 11.3 Å². The Morgan fingerprint density at radius 2 is 2.00 bits per heavy atom. The third kappa shape index (κ3) is 3.09. The standard InChI is InChI=1S/C13H13ClN2OS/c1-8-9(2)18-13(16-8)12(17)15-7-10-3-5-11(14)6-4-10/h3-6H,7H2,1-2H3,(H,15,17). The molecule has 2 rings (SSSR count). The quantitative estimate of drug-likeness (QED) is 0.937. The molecule has 18 heavy (non-hydrogen) atoms. The van der Waals surface area contributed by atoms with Crippen LogP contribution in [0.5, 0.6) is 0 Å². The van der Waals surface area contributed by atoms with Crippen LogP contribution in [-0.4, -0.2) is 10.9 Å². The number of hydrogen-bond donors (Lipinski definition) is 1. The summed E-state index contributed by atoms with van der Waals surface area (Å²) in [6, 6.07) is 7.39. The molecule has 0 fully saturated rings. The first-order valence-corrected chi connectivity index (χ1v) is 6.72. The molecular weight excluding hydrogens is 268 g/mol. The van der Waals surface area contributed by atoms with Gasteiger partial charge in [0.15, 0.2) is 5.01 Å². The molecule has 5 heteroatoms. The lowest BCUT2D eigenvalue weighted by atomic mass is 10.2. The van der Waals surface area contributed by atoms with E-state index in [4.69, 9.17) is 11.6 Å². The van der Waals surface area contributed by atoms with Crippen LogP contribution in [0.2, 0.25) is 5.02 Å². The van der Waals surface area contributed by atoms with Gasteiger partial charge in [0.25, 0.3) is 5.91 Å². The van der Waals surface area contributed by atoms with Crippen molar-refractivity contribution < 1.29 is 4.79 Å². The monoisotopic (exact) mass is 280 g/mol. The number of carbonyl (C=O) groups is 1. The largest absolute Gasteiger partial charge is 0.346 e. The van der Waals surface area contributed by atoms with Gasteiger partial charge in [0, 0.05) is 16.4 Å². The Labute approximate surface area is 115 Å². The van der Waals surface area contributed by atoms with Crippen molar-refractivity contribution in [2.24, 2.45) is 0 Å². The maximum Gasteiger partial charge on any atom is 0.280 e. The highest BCUT2D eigenvalue weighted by Gasteiger charge is 2.11. The molecule has 0 aliphatic heterocycles. The zero-order valence-corrected chi connectivity index (χ0v) is 11.7. The number of hydrogen-bond acceptors (Lipinski definition) is 3. The maximum absolute atomic E-state index is 11.9. The summed E-state index contributed by atoms with van der Waals surface area (Å²) in [7, 11) is 0. The second kappa shape index (κ2) is 5.50. The molecule has 1 N–H and O–H groups in total. The lowest BCUT2D eigenvalue weighted by molar-refractivity contribution is 0.0950. The number of benzene rings is 1. The summed E-state index contributed by atoms with van der Waals surface area (Å²) in [5.74, 6) is -0.133. The smallest absolute Gasteiger partial charge is 0.280 e. The Morgan fingerprint density at radius 3 is 2.56 bits per heavy atom. The first-order chi connectivity index (χ1) is 8.56. The van der Waals surface area contributed by atoms with Crippen LogP contribution in [0, 0.1) is 13.8 Å². The zero-order valence-electron chi connectivity index (χ0n) is 10.2. The fourth-order valence-corrected chi connectivity index (χ4v) is 2.39. The SMILES string of the molecule is Cc1nc(C(=O)NCc2ccc(Cl)cc2)sc1C. The van der Waals surface area contributed by atoms with Crippen molar-refractivity contribution in [3.63, 3.8) is 0 Å². The highest BCUT2D eigenvalue weighted by molar-refractivity contribution is 7.13. The number of aryl methyl sites for hydroxylation is 2. The third-order valence-corrected chi connectivity index (χ3v) is 3.91.